The van der Waals surface area contributed by atoms with Crippen LogP contribution in [0, 0.1) is 0 Å². The predicted molar refractivity (Wildman–Crippen MR) is 126 cm³/mol. The van der Waals surface area contributed by atoms with Crippen molar-refractivity contribution >= 4 is 27.3 Å². The van der Waals surface area contributed by atoms with Crippen LogP contribution in [0.15, 0.2) is 96.2 Å². The van der Waals surface area contributed by atoms with Gasteiger partial charge >= 0.3 is 0 Å². The van der Waals surface area contributed by atoms with Gasteiger partial charge in [0.25, 0.3) is 15.9 Å². The molecule has 1 aromatic heterocycles. The number of sulfonamides is 1. The van der Waals surface area contributed by atoms with Crippen LogP contribution >= 0.6 is 0 Å². The number of benzene rings is 3. The molecule has 0 bridgehead atoms. The van der Waals surface area contributed by atoms with Crippen LogP contribution < -0.4 is 14.8 Å². The van der Waals surface area contributed by atoms with E-state index in [1.165, 1.54) is 12.1 Å². The Morgan fingerprint density at radius 3 is 2.27 bits per heavy atom. The highest BCUT2D eigenvalue weighted by Gasteiger charge is 2.17. The summed E-state index contributed by atoms with van der Waals surface area (Å²) in [5, 5.41) is 2.76. The van der Waals surface area contributed by atoms with Gasteiger partial charge in [-0.05, 0) is 48.5 Å². The summed E-state index contributed by atoms with van der Waals surface area (Å²) in [6.07, 6.45) is 3.54. The number of nitrogens with zero attached hydrogens (tertiary/aromatic N) is 2. The van der Waals surface area contributed by atoms with E-state index in [1.54, 1.807) is 72.9 Å². The summed E-state index contributed by atoms with van der Waals surface area (Å²) in [6.45, 7) is 0.310. The third-order valence-electron chi connectivity index (χ3n) is 4.88. The second-order valence-corrected chi connectivity index (χ2v) is 8.87. The van der Waals surface area contributed by atoms with Gasteiger partial charge in [0.05, 0.1) is 16.3 Å². The molecule has 4 rings (SSSR count). The van der Waals surface area contributed by atoms with Crippen LogP contribution in [-0.2, 0) is 23.7 Å². The van der Waals surface area contributed by atoms with Crippen molar-refractivity contribution < 1.29 is 17.9 Å². The SMILES string of the molecule is Cn1ccnc1COc1ccc(C(=O)Nc2ccccc2NS(=O)(=O)c2ccccc2)cc1. The number of hydrogen-bond donors (Lipinski definition) is 2. The molecule has 3 aromatic carbocycles. The Labute approximate surface area is 191 Å². The lowest BCUT2D eigenvalue weighted by Crippen LogP contribution is -2.17. The van der Waals surface area contributed by atoms with Crippen molar-refractivity contribution in [2.45, 2.75) is 11.5 Å². The first kappa shape index (κ1) is 22.1. The molecule has 0 fully saturated rings. The van der Waals surface area contributed by atoms with Gasteiger partial charge in [-0.3, -0.25) is 9.52 Å². The Morgan fingerprint density at radius 1 is 0.939 bits per heavy atom. The Bertz CT molecular complexity index is 1350. The lowest BCUT2D eigenvalue weighted by atomic mass is 10.2. The van der Waals surface area contributed by atoms with E-state index in [9.17, 15) is 13.2 Å². The van der Waals surface area contributed by atoms with Gasteiger partial charge < -0.3 is 14.6 Å². The van der Waals surface area contributed by atoms with Crippen LogP contribution in [0.4, 0.5) is 11.4 Å². The number of rotatable bonds is 8. The molecular formula is C24H22N4O4S. The molecule has 0 aliphatic heterocycles. The van der Waals surface area contributed by atoms with E-state index in [0.717, 1.165) is 5.82 Å². The minimum Gasteiger partial charge on any atom is -0.486 e. The minimum atomic E-state index is -3.79. The number of imidazole rings is 1. The fraction of sp³-hybridized carbons (Fsp3) is 0.0833. The fourth-order valence-electron chi connectivity index (χ4n) is 3.06. The summed E-state index contributed by atoms with van der Waals surface area (Å²) >= 11 is 0. The van der Waals surface area contributed by atoms with Crippen LogP contribution in [0.3, 0.4) is 0 Å². The van der Waals surface area contributed by atoms with Crippen molar-refractivity contribution in [3.05, 3.63) is 103 Å². The Kier molecular flexibility index (Phi) is 6.41. The zero-order valence-electron chi connectivity index (χ0n) is 17.8. The highest BCUT2D eigenvalue weighted by Crippen LogP contribution is 2.25. The van der Waals surface area contributed by atoms with Crippen molar-refractivity contribution in [1.29, 1.82) is 0 Å². The summed E-state index contributed by atoms with van der Waals surface area (Å²) in [4.78, 5) is 17.1. The van der Waals surface area contributed by atoms with Crippen molar-refractivity contribution in [2.75, 3.05) is 10.0 Å². The number of para-hydroxylation sites is 2. The summed E-state index contributed by atoms with van der Waals surface area (Å²) in [6, 6.07) is 21.3. The van der Waals surface area contributed by atoms with E-state index in [1.807, 2.05) is 17.8 Å². The zero-order valence-corrected chi connectivity index (χ0v) is 18.6. The number of carbonyl (C=O) groups is 1. The first-order valence-electron chi connectivity index (χ1n) is 10.1. The van der Waals surface area contributed by atoms with Gasteiger partial charge in [0, 0.05) is 25.0 Å². The molecule has 8 nitrogen and oxygen atoms in total. The molecule has 2 N–H and O–H groups in total. The molecule has 1 amide bonds. The van der Waals surface area contributed by atoms with E-state index in [-0.39, 0.29) is 16.5 Å². The molecule has 0 atom stereocenters. The van der Waals surface area contributed by atoms with Crippen molar-refractivity contribution in [1.82, 2.24) is 9.55 Å². The van der Waals surface area contributed by atoms with E-state index >= 15 is 0 Å². The molecule has 33 heavy (non-hydrogen) atoms. The standard InChI is InChI=1S/C24H22N4O4S/c1-28-16-15-25-23(28)17-32-19-13-11-18(12-14-19)24(29)26-21-9-5-6-10-22(21)27-33(30,31)20-7-3-2-4-8-20/h2-16,27H,17H2,1H3,(H,26,29). The second-order valence-electron chi connectivity index (χ2n) is 7.19. The highest BCUT2D eigenvalue weighted by molar-refractivity contribution is 7.92. The Hall–Kier alpha value is -4.11. The number of hydrogen-bond acceptors (Lipinski definition) is 5. The third-order valence-corrected chi connectivity index (χ3v) is 6.26. The normalized spacial score (nSPS) is 11.1. The van der Waals surface area contributed by atoms with E-state index in [2.05, 4.69) is 15.0 Å². The van der Waals surface area contributed by atoms with Gasteiger partial charge in [0.1, 0.15) is 18.2 Å². The molecule has 0 radical (unpaired) electrons. The molecule has 0 saturated heterocycles. The van der Waals surface area contributed by atoms with E-state index in [0.29, 0.717) is 23.6 Å². The molecule has 4 aromatic rings. The molecule has 0 aliphatic rings. The Morgan fingerprint density at radius 2 is 1.61 bits per heavy atom. The van der Waals surface area contributed by atoms with Gasteiger partial charge in [-0.15, -0.1) is 0 Å². The number of aryl methyl sites for hydroxylation is 1. The van der Waals surface area contributed by atoms with Gasteiger partial charge in [0.2, 0.25) is 0 Å². The quantitative estimate of drug-likeness (QED) is 0.411. The maximum atomic E-state index is 12.8. The maximum absolute atomic E-state index is 12.8. The Balaban J connectivity index is 1.44. The van der Waals surface area contributed by atoms with Crippen molar-refractivity contribution in [2.24, 2.45) is 7.05 Å². The van der Waals surface area contributed by atoms with Crippen molar-refractivity contribution in [3.63, 3.8) is 0 Å². The molecule has 0 saturated carbocycles. The molecule has 168 valence electrons. The highest BCUT2D eigenvalue weighted by atomic mass is 32.2. The fourth-order valence-corrected chi connectivity index (χ4v) is 4.17. The molecule has 0 unspecified atom stereocenters. The smallest absolute Gasteiger partial charge is 0.261 e. The monoisotopic (exact) mass is 462 g/mol. The van der Waals surface area contributed by atoms with Crippen LogP contribution in [0.5, 0.6) is 5.75 Å². The van der Waals surface area contributed by atoms with Crippen molar-refractivity contribution in [3.8, 4) is 5.75 Å². The lowest BCUT2D eigenvalue weighted by molar-refractivity contribution is 0.102. The largest absolute Gasteiger partial charge is 0.486 e. The lowest BCUT2D eigenvalue weighted by Gasteiger charge is -2.14. The number of nitrogens with one attached hydrogen (secondary N) is 2. The van der Waals surface area contributed by atoms with Crippen LogP contribution in [0.1, 0.15) is 16.2 Å². The van der Waals surface area contributed by atoms with Gasteiger partial charge in [-0.25, -0.2) is 13.4 Å². The van der Waals surface area contributed by atoms with Gasteiger partial charge in [0.15, 0.2) is 0 Å². The van der Waals surface area contributed by atoms with Gasteiger partial charge in [-0.1, -0.05) is 30.3 Å². The number of amides is 1. The van der Waals surface area contributed by atoms with E-state index < -0.39 is 10.0 Å². The summed E-state index contributed by atoms with van der Waals surface area (Å²) < 4.78 is 35.5. The molecule has 9 heteroatoms. The molecule has 0 spiro atoms. The van der Waals surface area contributed by atoms with Crippen LogP contribution in [-0.4, -0.2) is 23.9 Å². The molecule has 1 heterocycles. The zero-order chi connectivity index (χ0) is 23.3. The summed E-state index contributed by atoms with van der Waals surface area (Å²) in [5.41, 5.74) is 1.02. The molecular weight excluding hydrogens is 440 g/mol. The minimum absolute atomic E-state index is 0.132. The first-order valence-corrected chi connectivity index (χ1v) is 11.6. The second kappa shape index (κ2) is 9.58. The average Bonchev–Trinajstić information content (AvgIpc) is 3.24. The number of carbonyl (C=O) groups excluding carboxylic acids is 1. The summed E-state index contributed by atoms with van der Waals surface area (Å²) in [5.74, 6) is 1.01. The first-order chi connectivity index (χ1) is 15.9. The average molecular weight is 463 g/mol. The maximum Gasteiger partial charge on any atom is 0.261 e. The number of ether oxygens (including phenoxy) is 1. The van der Waals surface area contributed by atoms with Gasteiger partial charge in [-0.2, -0.15) is 0 Å². The summed E-state index contributed by atoms with van der Waals surface area (Å²) in [7, 11) is -1.91. The predicted octanol–water partition coefficient (Wildman–Crippen LogP) is 4.05. The molecule has 0 aliphatic carbocycles. The third kappa shape index (κ3) is 5.39. The number of anilines is 2. The van der Waals surface area contributed by atoms with Crippen LogP contribution in [0.25, 0.3) is 0 Å². The van der Waals surface area contributed by atoms with E-state index in [4.69, 9.17) is 4.74 Å². The van der Waals surface area contributed by atoms with Crippen LogP contribution in [0.2, 0.25) is 0 Å². The number of aromatic nitrogens is 2. The topological polar surface area (TPSA) is 102 Å².